The molecule has 4 N–H and O–H groups in total. The number of methoxy groups -OCH3 is 1. The van der Waals surface area contributed by atoms with Gasteiger partial charge in [-0.05, 0) is 75.1 Å². The van der Waals surface area contributed by atoms with E-state index < -0.39 is 41.5 Å². The highest BCUT2D eigenvalue weighted by Gasteiger charge is 2.36. The number of hydrogen-bond donors (Lipinski definition) is 3. The summed E-state index contributed by atoms with van der Waals surface area (Å²) in [5.74, 6) is -0.948. The Balaban J connectivity index is 2.57. The number of anilines is 1. The molecule has 0 saturated heterocycles. The maximum Gasteiger partial charge on any atom is 0.408 e. The van der Waals surface area contributed by atoms with Crippen LogP contribution in [0.15, 0.2) is 55.1 Å². The molecule has 10 heteroatoms. The standard InChI is InChI=1S/C34H48N4O6/c1-7-9-10-11-12-22-38(32(41)28(20-21-29(35)39)37-33(42)44-34(3,4)5)30(25-15-13-14-24(8-2)23-25)31(40)36-26-16-18-27(43-6)19-17-26/h8,13-19,23,28,30H,2,7,9-12,20-22H2,1,3-6H3,(H2,35,39)(H,36,40)(H,37,42). The minimum atomic E-state index is -1.16. The molecular weight excluding hydrogens is 560 g/mol. The third-order valence-electron chi connectivity index (χ3n) is 6.83. The fraction of sp³-hybridized carbons (Fsp3) is 0.471. The van der Waals surface area contributed by atoms with Crippen LogP contribution in [0, 0.1) is 0 Å². The lowest BCUT2D eigenvalue weighted by Crippen LogP contribution is -2.52. The average molecular weight is 609 g/mol. The quantitative estimate of drug-likeness (QED) is 0.189. The summed E-state index contributed by atoms with van der Waals surface area (Å²) in [6.45, 7) is 11.3. The molecule has 2 unspecified atom stereocenters. The number of ether oxygens (including phenoxy) is 2. The highest BCUT2D eigenvalue weighted by Crippen LogP contribution is 2.27. The van der Waals surface area contributed by atoms with Gasteiger partial charge in [-0.15, -0.1) is 0 Å². The third kappa shape index (κ3) is 12.1. The maximum absolute atomic E-state index is 14.4. The minimum absolute atomic E-state index is 0.0563. The fourth-order valence-electron chi connectivity index (χ4n) is 4.66. The molecule has 0 heterocycles. The first-order valence-corrected chi connectivity index (χ1v) is 15.1. The summed E-state index contributed by atoms with van der Waals surface area (Å²) in [4.78, 5) is 54.5. The largest absolute Gasteiger partial charge is 0.497 e. The van der Waals surface area contributed by atoms with Gasteiger partial charge in [-0.2, -0.15) is 0 Å². The number of alkyl carbamates (subject to hydrolysis) is 1. The van der Waals surface area contributed by atoms with Crippen LogP contribution in [0.4, 0.5) is 10.5 Å². The number of unbranched alkanes of at least 4 members (excludes halogenated alkanes) is 4. The summed E-state index contributed by atoms with van der Waals surface area (Å²) >= 11 is 0. The maximum atomic E-state index is 14.4. The Morgan fingerprint density at radius 1 is 1.02 bits per heavy atom. The van der Waals surface area contributed by atoms with Gasteiger partial charge >= 0.3 is 6.09 Å². The Bertz CT molecular complexity index is 1260. The van der Waals surface area contributed by atoms with Crippen LogP contribution in [0.25, 0.3) is 6.08 Å². The highest BCUT2D eigenvalue weighted by molar-refractivity contribution is 5.99. The van der Waals surface area contributed by atoms with E-state index in [1.807, 2.05) is 12.1 Å². The van der Waals surface area contributed by atoms with E-state index in [0.717, 1.165) is 31.2 Å². The van der Waals surface area contributed by atoms with Gasteiger partial charge in [0.1, 0.15) is 23.4 Å². The van der Waals surface area contributed by atoms with E-state index in [1.165, 1.54) is 4.90 Å². The van der Waals surface area contributed by atoms with Gasteiger partial charge in [0.2, 0.25) is 11.8 Å². The van der Waals surface area contributed by atoms with Gasteiger partial charge in [0.25, 0.3) is 5.91 Å². The van der Waals surface area contributed by atoms with Crippen LogP contribution in [0.2, 0.25) is 0 Å². The zero-order valence-electron chi connectivity index (χ0n) is 26.7. The van der Waals surface area contributed by atoms with Crippen LogP contribution in [0.1, 0.15) is 89.8 Å². The zero-order chi connectivity index (χ0) is 32.7. The van der Waals surface area contributed by atoms with Crippen LogP contribution in [0.3, 0.4) is 0 Å². The van der Waals surface area contributed by atoms with Gasteiger partial charge in [0, 0.05) is 18.7 Å². The monoisotopic (exact) mass is 608 g/mol. The molecule has 2 rings (SSSR count). The molecule has 0 aromatic heterocycles. The van der Waals surface area contributed by atoms with E-state index in [2.05, 4.69) is 24.1 Å². The predicted molar refractivity (Wildman–Crippen MR) is 173 cm³/mol. The number of amides is 4. The second-order valence-corrected chi connectivity index (χ2v) is 11.6. The number of nitrogens with one attached hydrogen (secondary N) is 2. The SMILES string of the molecule is C=Cc1cccc(C(C(=O)Nc2ccc(OC)cc2)N(CCCCCCC)C(=O)C(CCC(N)=O)NC(=O)OC(C)(C)C)c1. The van der Waals surface area contributed by atoms with Crippen molar-refractivity contribution in [1.82, 2.24) is 10.2 Å². The number of hydrogen-bond acceptors (Lipinski definition) is 6. The molecule has 0 spiro atoms. The number of nitrogens with two attached hydrogens (primary N) is 1. The van der Waals surface area contributed by atoms with E-state index in [4.69, 9.17) is 15.2 Å². The van der Waals surface area contributed by atoms with E-state index >= 15 is 0 Å². The molecule has 0 fully saturated rings. The van der Waals surface area contributed by atoms with E-state index in [9.17, 15) is 19.2 Å². The zero-order valence-corrected chi connectivity index (χ0v) is 26.7. The summed E-state index contributed by atoms with van der Waals surface area (Å²) in [7, 11) is 1.56. The first-order valence-electron chi connectivity index (χ1n) is 15.1. The second-order valence-electron chi connectivity index (χ2n) is 11.6. The van der Waals surface area contributed by atoms with Gasteiger partial charge in [0.15, 0.2) is 0 Å². The Morgan fingerprint density at radius 2 is 1.70 bits per heavy atom. The van der Waals surface area contributed by atoms with Crippen molar-refractivity contribution in [3.05, 3.63) is 66.2 Å². The van der Waals surface area contributed by atoms with Crippen LogP contribution >= 0.6 is 0 Å². The topological polar surface area (TPSA) is 140 Å². The molecule has 0 saturated carbocycles. The molecule has 44 heavy (non-hydrogen) atoms. The van der Waals surface area contributed by atoms with Crippen LogP contribution < -0.4 is 21.1 Å². The molecule has 0 bridgehead atoms. The lowest BCUT2D eigenvalue weighted by atomic mass is 9.99. The van der Waals surface area contributed by atoms with Gasteiger partial charge in [-0.3, -0.25) is 14.4 Å². The smallest absolute Gasteiger partial charge is 0.408 e. The summed E-state index contributed by atoms with van der Waals surface area (Å²) in [6.07, 6.45) is 5.22. The van der Waals surface area contributed by atoms with Crippen LogP contribution in [-0.2, 0) is 19.1 Å². The first kappa shape index (κ1) is 35.9. The summed E-state index contributed by atoms with van der Waals surface area (Å²) in [5, 5.41) is 5.56. The Kier molecular flexibility index (Phi) is 14.4. The molecular formula is C34H48N4O6. The van der Waals surface area contributed by atoms with Gasteiger partial charge < -0.3 is 30.7 Å². The molecule has 2 aromatic carbocycles. The lowest BCUT2D eigenvalue weighted by Gasteiger charge is -2.34. The van der Waals surface area contributed by atoms with Crippen molar-refractivity contribution >= 4 is 35.6 Å². The number of primary amides is 1. The second kappa shape index (κ2) is 17.7. The normalized spacial score (nSPS) is 12.4. The highest BCUT2D eigenvalue weighted by atomic mass is 16.6. The Morgan fingerprint density at radius 3 is 2.30 bits per heavy atom. The average Bonchev–Trinajstić information content (AvgIpc) is 2.97. The van der Waals surface area contributed by atoms with Crippen LogP contribution in [-0.4, -0.2) is 54.0 Å². The summed E-state index contributed by atoms with van der Waals surface area (Å²) in [5.41, 5.74) is 6.48. The predicted octanol–water partition coefficient (Wildman–Crippen LogP) is 5.98. The molecule has 0 aliphatic heterocycles. The Hall–Kier alpha value is -4.34. The summed E-state index contributed by atoms with van der Waals surface area (Å²) in [6, 6.07) is 11.9. The number of rotatable bonds is 17. The van der Waals surface area contributed by atoms with Gasteiger partial charge in [-0.25, -0.2) is 4.79 Å². The molecule has 0 aliphatic rings. The number of carbonyl (C=O) groups is 4. The number of nitrogens with zero attached hydrogens (tertiary/aromatic N) is 1. The molecule has 0 aliphatic carbocycles. The minimum Gasteiger partial charge on any atom is -0.497 e. The number of benzene rings is 2. The molecule has 0 radical (unpaired) electrons. The molecule has 4 amide bonds. The molecule has 2 atom stereocenters. The van der Waals surface area contributed by atoms with E-state index in [1.54, 1.807) is 70.4 Å². The third-order valence-corrected chi connectivity index (χ3v) is 6.83. The van der Waals surface area contributed by atoms with Crippen molar-refractivity contribution in [2.45, 2.75) is 90.3 Å². The van der Waals surface area contributed by atoms with Crippen molar-refractivity contribution in [3.8, 4) is 5.75 Å². The van der Waals surface area contributed by atoms with E-state index in [0.29, 0.717) is 23.4 Å². The fourth-order valence-corrected chi connectivity index (χ4v) is 4.66. The van der Waals surface area contributed by atoms with Crippen molar-refractivity contribution in [2.75, 3.05) is 19.0 Å². The van der Waals surface area contributed by atoms with E-state index in [-0.39, 0.29) is 19.4 Å². The van der Waals surface area contributed by atoms with Crippen molar-refractivity contribution in [3.63, 3.8) is 0 Å². The lowest BCUT2D eigenvalue weighted by molar-refractivity contribution is -0.141. The molecule has 10 nitrogen and oxygen atoms in total. The number of carbonyl (C=O) groups excluding carboxylic acids is 4. The van der Waals surface area contributed by atoms with Crippen molar-refractivity contribution in [1.29, 1.82) is 0 Å². The molecule has 2 aromatic rings. The van der Waals surface area contributed by atoms with Crippen molar-refractivity contribution < 1.29 is 28.7 Å². The molecule has 240 valence electrons. The van der Waals surface area contributed by atoms with Crippen molar-refractivity contribution in [2.24, 2.45) is 5.73 Å². The van der Waals surface area contributed by atoms with Gasteiger partial charge in [-0.1, -0.05) is 63.5 Å². The Labute approximate surface area is 261 Å². The first-order chi connectivity index (χ1) is 20.9. The van der Waals surface area contributed by atoms with Crippen LogP contribution in [0.5, 0.6) is 5.75 Å². The summed E-state index contributed by atoms with van der Waals surface area (Å²) < 4.78 is 10.6. The van der Waals surface area contributed by atoms with Gasteiger partial charge in [0.05, 0.1) is 7.11 Å².